The lowest BCUT2D eigenvalue weighted by Gasteiger charge is -2.35. The van der Waals surface area contributed by atoms with Crippen LogP contribution in [0.5, 0.6) is 5.75 Å². The molecule has 6 rings (SSSR count). The first-order chi connectivity index (χ1) is 25.1. The molecule has 0 bridgehead atoms. The van der Waals surface area contributed by atoms with E-state index in [4.69, 9.17) is 9.47 Å². The predicted octanol–water partition coefficient (Wildman–Crippen LogP) is 6.00. The summed E-state index contributed by atoms with van der Waals surface area (Å²) in [5, 5.41) is 3.10. The number of amides is 2. The molecular weight excluding hydrogens is 670 g/mol. The molecule has 2 aromatic rings. The highest BCUT2D eigenvalue weighted by Crippen LogP contribution is 2.48. The lowest BCUT2D eigenvalue weighted by molar-refractivity contribution is -0.434. The van der Waals surface area contributed by atoms with E-state index >= 15 is 0 Å². The Bertz CT molecular complexity index is 1770. The summed E-state index contributed by atoms with van der Waals surface area (Å²) in [7, 11) is 1.65. The molecule has 0 aromatic heterocycles. The Morgan fingerprint density at radius 3 is 2.34 bits per heavy atom. The molecule has 2 saturated carbocycles. The van der Waals surface area contributed by atoms with E-state index in [1.54, 1.807) is 18.4 Å². The number of rotatable bonds is 15. The summed E-state index contributed by atoms with van der Waals surface area (Å²) in [5.41, 5.74) is 2.40. The molecule has 2 aliphatic heterocycles. The second kappa shape index (κ2) is 15.2. The average Bonchev–Trinajstić information content (AvgIpc) is 4.04. The Morgan fingerprint density at radius 1 is 1.06 bits per heavy atom. The number of carbonyl (C=O) groups excluding carboxylic acids is 5. The highest BCUT2D eigenvalue weighted by atomic mass is 16.5. The number of hydrogen-bond donors (Lipinski definition) is 1. The van der Waals surface area contributed by atoms with E-state index in [0.717, 1.165) is 41.0 Å². The number of carbonyl (C=O) groups is 5. The first-order valence-electron chi connectivity index (χ1n) is 19.3. The molecule has 10 nitrogen and oxygen atoms in total. The van der Waals surface area contributed by atoms with Gasteiger partial charge in [-0.1, -0.05) is 64.4 Å². The van der Waals surface area contributed by atoms with Crippen LogP contribution in [0.15, 0.2) is 42.5 Å². The molecule has 10 heteroatoms. The summed E-state index contributed by atoms with van der Waals surface area (Å²) in [4.78, 5) is 70.9. The summed E-state index contributed by atoms with van der Waals surface area (Å²) in [6.45, 7) is 12.2. The fourth-order valence-electron chi connectivity index (χ4n) is 8.38. The largest absolute Gasteiger partial charge is 0.496 e. The minimum Gasteiger partial charge on any atom is -0.496 e. The zero-order chi connectivity index (χ0) is 38.2. The van der Waals surface area contributed by atoms with Crippen molar-refractivity contribution < 1.29 is 38.0 Å². The number of likely N-dealkylation sites (tertiary alicyclic amines) is 1. The lowest BCUT2D eigenvalue weighted by atomic mass is 9.84. The Hall–Kier alpha value is -4.34. The van der Waals surface area contributed by atoms with Gasteiger partial charge in [0.05, 0.1) is 19.7 Å². The number of hydrogen-bond acceptors (Lipinski definition) is 7. The predicted molar refractivity (Wildman–Crippen MR) is 201 cm³/mol. The number of ketones is 3. The standard InChI is InChI=1S/C43H55N3O7/c1-8-12-30(37(49)36(48)19-28-15-16-28)20-35(47)34-22-43(23-45(25-53-43)31-17-26(2)38(52-7)27(3)18-31)24-46(34)41(51)39(42(4,5)6)44-40(50)33-21-32(33)29-13-10-9-11-14-29/h9-11,13-14,17-18,25,28,30,32-34,39H,8,12,15-16,19-24H2,1-7H3/p+1/t30-,32?,33-,34+,39-,43+/m1/s1. The molecule has 0 radical (unpaired) electrons. The average molecular weight is 727 g/mol. The van der Waals surface area contributed by atoms with Crippen molar-refractivity contribution in [1.29, 1.82) is 0 Å². The summed E-state index contributed by atoms with van der Waals surface area (Å²) in [6, 6.07) is 12.2. The van der Waals surface area contributed by atoms with E-state index < -0.39 is 40.6 Å². The summed E-state index contributed by atoms with van der Waals surface area (Å²) in [6.07, 6.45) is 5.71. The van der Waals surface area contributed by atoms with Crippen LogP contribution in [-0.2, 0) is 28.7 Å². The number of aryl methyl sites for hydroxylation is 2. The summed E-state index contributed by atoms with van der Waals surface area (Å²) < 4.78 is 14.0. The maximum Gasteiger partial charge on any atom is 0.330 e. The Labute approximate surface area is 313 Å². The smallest absolute Gasteiger partial charge is 0.330 e. The van der Waals surface area contributed by atoms with Crippen LogP contribution < -0.4 is 10.1 Å². The Morgan fingerprint density at radius 2 is 1.74 bits per heavy atom. The van der Waals surface area contributed by atoms with E-state index in [-0.39, 0.29) is 61.2 Å². The molecule has 2 aromatic carbocycles. The summed E-state index contributed by atoms with van der Waals surface area (Å²) in [5.74, 6) is -1.42. The summed E-state index contributed by atoms with van der Waals surface area (Å²) >= 11 is 0. The molecule has 1 saturated heterocycles. The quantitative estimate of drug-likeness (QED) is 0.177. The van der Waals surface area contributed by atoms with Gasteiger partial charge in [-0.15, -0.1) is 0 Å². The second-order valence-electron chi connectivity index (χ2n) is 17.1. The van der Waals surface area contributed by atoms with Crippen LogP contribution in [0, 0.1) is 37.0 Å². The molecule has 4 aliphatic rings. The zero-order valence-corrected chi connectivity index (χ0v) is 32.4. The van der Waals surface area contributed by atoms with Crippen LogP contribution >= 0.6 is 0 Å². The van der Waals surface area contributed by atoms with Crippen molar-refractivity contribution in [3.05, 3.63) is 59.2 Å². The van der Waals surface area contributed by atoms with Crippen LogP contribution in [0.2, 0.25) is 0 Å². The van der Waals surface area contributed by atoms with Gasteiger partial charge >= 0.3 is 6.40 Å². The van der Waals surface area contributed by atoms with Crippen LogP contribution in [0.3, 0.4) is 0 Å². The molecule has 2 heterocycles. The molecule has 2 aliphatic carbocycles. The van der Waals surface area contributed by atoms with E-state index in [0.29, 0.717) is 25.8 Å². The van der Waals surface area contributed by atoms with Gasteiger partial charge in [0.25, 0.3) is 0 Å². The van der Waals surface area contributed by atoms with Crippen molar-refractivity contribution in [2.75, 3.05) is 20.2 Å². The number of nitrogens with zero attached hydrogens (tertiary/aromatic N) is 2. The van der Waals surface area contributed by atoms with Gasteiger partial charge in [0.15, 0.2) is 23.7 Å². The Balaban J connectivity index is 1.25. The molecule has 1 N–H and O–H groups in total. The lowest BCUT2D eigenvalue weighted by Crippen LogP contribution is -2.57. The zero-order valence-electron chi connectivity index (χ0n) is 32.4. The highest BCUT2D eigenvalue weighted by Gasteiger charge is 2.57. The topological polar surface area (TPSA) is 122 Å². The number of benzene rings is 2. The van der Waals surface area contributed by atoms with Crippen LogP contribution in [0.4, 0.5) is 5.69 Å². The molecule has 6 atom stereocenters. The van der Waals surface area contributed by atoms with Crippen molar-refractivity contribution in [1.82, 2.24) is 10.2 Å². The van der Waals surface area contributed by atoms with E-state index in [1.807, 2.05) is 88.6 Å². The van der Waals surface area contributed by atoms with Gasteiger partial charge in [-0.3, -0.25) is 24.0 Å². The van der Waals surface area contributed by atoms with Gasteiger partial charge in [-0.2, -0.15) is 4.58 Å². The van der Waals surface area contributed by atoms with Crippen molar-refractivity contribution in [3.63, 3.8) is 0 Å². The van der Waals surface area contributed by atoms with E-state index in [9.17, 15) is 24.0 Å². The number of Topliss-reactive ketones (excluding diaryl/α,β-unsaturated/α-hetero) is 3. The van der Waals surface area contributed by atoms with Crippen molar-refractivity contribution in [2.24, 2.45) is 23.2 Å². The van der Waals surface area contributed by atoms with Crippen molar-refractivity contribution in [2.45, 2.75) is 117 Å². The molecular formula is C43H56N3O7+. The number of ether oxygens (including phenoxy) is 2. The third-order valence-electron chi connectivity index (χ3n) is 11.6. The fraction of sp³-hybridized carbons (Fsp3) is 0.581. The number of methoxy groups -OCH3 is 1. The van der Waals surface area contributed by atoms with Crippen molar-refractivity contribution >= 4 is 41.3 Å². The second-order valence-corrected chi connectivity index (χ2v) is 17.1. The minimum absolute atomic E-state index is 0.102. The van der Waals surface area contributed by atoms with E-state index in [1.165, 1.54) is 0 Å². The van der Waals surface area contributed by atoms with E-state index in [2.05, 4.69) is 5.32 Å². The normalized spacial score (nSPS) is 24.6. The number of nitrogens with one attached hydrogen (secondary N) is 1. The van der Waals surface area contributed by atoms with Crippen LogP contribution in [0.25, 0.3) is 0 Å². The van der Waals surface area contributed by atoms with Gasteiger partial charge in [0, 0.05) is 43.2 Å². The molecule has 284 valence electrons. The van der Waals surface area contributed by atoms with Gasteiger partial charge in [0.1, 0.15) is 11.8 Å². The van der Waals surface area contributed by atoms with Gasteiger partial charge < -0.3 is 19.7 Å². The third kappa shape index (κ3) is 8.42. The minimum atomic E-state index is -0.904. The molecule has 1 spiro atoms. The molecule has 3 fully saturated rings. The van der Waals surface area contributed by atoms with Crippen LogP contribution in [-0.4, -0.2) is 82.9 Å². The van der Waals surface area contributed by atoms with Gasteiger partial charge in [-0.25, -0.2) is 0 Å². The van der Waals surface area contributed by atoms with Gasteiger partial charge in [0.2, 0.25) is 23.3 Å². The SMILES string of the molecule is CCC[C@H](CC(=O)[C@@H]1C[C@@]2(CN1C(=O)[C@@H](NC(=O)[C@@H]1CC1c1ccccc1)C(C)(C)C)C[N+](c1cc(C)c(OC)c(C)c1)=CO2)C(=O)C(=O)CC1CC1. The van der Waals surface area contributed by atoms with Crippen molar-refractivity contribution in [3.8, 4) is 5.75 Å². The van der Waals surface area contributed by atoms with Gasteiger partial charge in [-0.05, 0) is 73.5 Å². The molecule has 2 amide bonds. The maximum atomic E-state index is 14.8. The third-order valence-corrected chi connectivity index (χ3v) is 11.6. The molecule has 53 heavy (non-hydrogen) atoms. The first kappa shape index (κ1) is 38.4. The Kier molecular flexibility index (Phi) is 11.0. The van der Waals surface area contributed by atoms with Crippen LogP contribution in [0.1, 0.15) is 102 Å². The first-order valence-corrected chi connectivity index (χ1v) is 19.3. The maximum absolute atomic E-state index is 14.8. The molecule has 1 unspecified atom stereocenters. The monoisotopic (exact) mass is 726 g/mol. The highest BCUT2D eigenvalue weighted by molar-refractivity contribution is 6.38. The fourth-order valence-corrected chi connectivity index (χ4v) is 8.38.